The predicted molar refractivity (Wildman–Crippen MR) is 174 cm³/mol. The quantitative estimate of drug-likeness (QED) is 0.159. The Labute approximate surface area is 290 Å². The normalized spacial score (nSPS) is 18.0. The number of benzene rings is 3. The van der Waals surface area contributed by atoms with Crippen LogP contribution in [-0.2, 0) is 17.1 Å². The maximum absolute atomic E-state index is 13.9. The summed E-state index contributed by atoms with van der Waals surface area (Å²) in [4.78, 5) is 41.7. The number of thiophene rings is 1. The van der Waals surface area contributed by atoms with Crippen LogP contribution in [0.4, 0.5) is 42.1 Å². The molecule has 3 amide bonds. The van der Waals surface area contributed by atoms with E-state index in [9.17, 15) is 50.2 Å². The lowest BCUT2D eigenvalue weighted by Crippen LogP contribution is -2.58. The van der Waals surface area contributed by atoms with Gasteiger partial charge in [0.1, 0.15) is 16.4 Å². The fraction of sp³-hybridized carbons (Fsp3) is 0.343. The van der Waals surface area contributed by atoms with Gasteiger partial charge in [0, 0.05) is 40.7 Å². The van der Waals surface area contributed by atoms with Crippen LogP contribution in [-0.4, -0.2) is 53.5 Å². The highest BCUT2D eigenvalue weighted by Crippen LogP contribution is 2.50. The molecule has 2 unspecified atom stereocenters. The van der Waals surface area contributed by atoms with Gasteiger partial charge in [-0.2, -0.15) is 26.3 Å². The number of alkyl halides is 6. The molecule has 16 heteroatoms. The Kier molecular flexibility index (Phi) is 9.07. The number of anilines is 2. The fourth-order valence-electron chi connectivity index (χ4n) is 6.06. The van der Waals surface area contributed by atoms with Gasteiger partial charge in [-0.3, -0.25) is 14.4 Å². The molecule has 1 aliphatic heterocycles. The second kappa shape index (κ2) is 12.8. The van der Waals surface area contributed by atoms with E-state index < -0.39 is 52.4 Å². The third-order valence-electron chi connectivity index (χ3n) is 9.19. The van der Waals surface area contributed by atoms with Crippen LogP contribution in [0.5, 0.6) is 5.75 Å². The highest BCUT2D eigenvalue weighted by atomic mass is 32.1. The van der Waals surface area contributed by atoms with E-state index in [0.717, 1.165) is 24.3 Å². The molecule has 0 radical (unpaired) electrons. The van der Waals surface area contributed by atoms with Crippen molar-refractivity contribution < 1.29 is 55.0 Å². The highest BCUT2D eigenvalue weighted by molar-refractivity contribution is 7.21. The van der Waals surface area contributed by atoms with Crippen LogP contribution in [0.3, 0.4) is 0 Å². The molecule has 2 aliphatic rings. The molecule has 1 saturated carbocycles. The summed E-state index contributed by atoms with van der Waals surface area (Å²) in [5.41, 5.74) is -3.61. The van der Waals surface area contributed by atoms with E-state index >= 15 is 0 Å². The molecule has 6 rings (SSSR count). The van der Waals surface area contributed by atoms with E-state index in [1.165, 1.54) is 19.2 Å². The van der Waals surface area contributed by atoms with Crippen LogP contribution in [0.2, 0.25) is 0 Å². The minimum Gasteiger partial charge on any atom is -0.496 e. The first-order valence-electron chi connectivity index (χ1n) is 15.6. The van der Waals surface area contributed by atoms with Crippen molar-refractivity contribution in [2.75, 3.05) is 30.8 Å². The Morgan fingerprint density at radius 3 is 2.24 bits per heavy atom. The minimum atomic E-state index is -5.08. The van der Waals surface area contributed by atoms with Crippen molar-refractivity contribution in [3.63, 3.8) is 0 Å². The van der Waals surface area contributed by atoms with Crippen LogP contribution in [0.25, 0.3) is 10.1 Å². The molecule has 8 nitrogen and oxygen atoms in total. The maximum Gasteiger partial charge on any atom is 0.419 e. The van der Waals surface area contributed by atoms with E-state index in [1.807, 2.05) is 0 Å². The number of hydrogen-bond donors (Lipinski definition) is 3. The van der Waals surface area contributed by atoms with E-state index in [4.69, 9.17) is 4.74 Å². The number of nitrogens with one attached hydrogen (secondary N) is 2. The number of aliphatic hydroxyl groups is 1. The monoisotopic (exact) mass is 737 g/mol. The Morgan fingerprint density at radius 2 is 1.61 bits per heavy atom. The summed E-state index contributed by atoms with van der Waals surface area (Å²) in [5, 5.41) is 15.0. The Morgan fingerprint density at radius 1 is 0.902 bits per heavy atom. The molecule has 51 heavy (non-hydrogen) atoms. The van der Waals surface area contributed by atoms with Crippen molar-refractivity contribution >= 4 is 50.5 Å². The molecule has 4 aromatic rings. The molecule has 1 aromatic heterocycles. The molecule has 0 bridgehead atoms. The van der Waals surface area contributed by atoms with Crippen molar-refractivity contribution in [2.45, 2.75) is 44.1 Å². The van der Waals surface area contributed by atoms with Gasteiger partial charge in [-0.05, 0) is 74.2 Å². The van der Waals surface area contributed by atoms with E-state index in [2.05, 4.69) is 10.6 Å². The maximum atomic E-state index is 13.9. The lowest BCUT2D eigenvalue weighted by Gasteiger charge is -2.45. The van der Waals surface area contributed by atoms with Crippen LogP contribution >= 0.6 is 11.3 Å². The zero-order valence-electron chi connectivity index (χ0n) is 27.1. The molecule has 1 saturated heterocycles. The average molecular weight is 738 g/mol. The van der Waals surface area contributed by atoms with E-state index in [-0.39, 0.29) is 55.6 Å². The van der Waals surface area contributed by atoms with Gasteiger partial charge in [-0.15, -0.1) is 11.3 Å². The smallest absolute Gasteiger partial charge is 0.419 e. The van der Waals surface area contributed by atoms with Crippen molar-refractivity contribution in [2.24, 2.45) is 11.8 Å². The van der Waals surface area contributed by atoms with Crippen LogP contribution in [0.1, 0.15) is 62.9 Å². The zero-order valence-corrected chi connectivity index (χ0v) is 27.9. The van der Waals surface area contributed by atoms with Crippen LogP contribution in [0.15, 0.2) is 54.6 Å². The van der Waals surface area contributed by atoms with Crippen molar-refractivity contribution in [3.8, 4) is 5.75 Å². The number of methoxy groups -OCH3 is 1. The Hall–Kier alpha value is -4.70. The summed E-state index contributed by atoms with van der Waals surface area (Å²) in [6.45, 7) is 4.24. The molecule has 0 spiro atoms. The van der Waals surface area contributed by atoms with Gasteiger partial charge in [-0.1, -0.05) is 12.1 Å². The van der Waals surface area contributed by atoms with Gasteiger partial charge in [0.05, 0.1) is 35.1 Å². The Balaban J connectivity index is 1.29. The van der Waals surface area contributed by atoms with Gasteiger partial charge < -0.3 is 25.4 Å². The van der Waals surface area contributed by atoms with Crippen LogP contribution < -0.4 is 15.4 Å². The molecule has 3 aromatic carbocycles. The summed E-state index contributed by atoms with van der Waals surface area (Å²) < 4.78 is 99.8. The molecule has 2 heterocycles. The lowest BCUT2D eigenvalue weighted by atomic mass is 9.84. The topological polar surface area (TPSA) is 108 Å². The molecule has 2 atom stereocenters. The van der Waals surface area contributed by atoms with Gasteiger partial charge in [0.25, 0.3) is 11.8 Å². The number of rotatable bonds is 8. The van der Waals surface area contributed by atoms with Gasteiger partial charge in [0.15, 0.2) is 0 Å². The number of fused-ring (bicyclic) bond motifs is 1. The van der Waals surface area contributed by atoms with E-state index in [1.54, 1.807) is 24.8 Å². The molecular formula is C35H30F7N3O5S. The average Bonchev–Trinajstić information content (AvgIpc) is 3.74. The number of halogens is 7. The summed E-state index contributed by atoms with van der Waals surface area (Å²) in [6, 6.07) is 9.13. The number of carbonyl (C=O) groups excluding carboxylic acids is 3. The zero-order chi connectivity index (χ0) is 37.2. The molecule has 3 N–H and O–H groups in total. The molecule has 270 valence electrons. The lowest BCUT2D eigenvalue weighted by molar-refractivity contribution is -0.146. The Bertz CT molecular complexity index is 2050. The third kappa shape index (κ3) is 7.24. The summed E-state index contributed by atoms with van der Waals surface area (Å²) in [7, 11) is 1.31. The number of ether oxygens (including phenoxy) is 1. The number of amides is 3. The first-order chi connectivity index (χ1) is 23.8. The van der Waals surface area contributed by atoms with Crippen molar-refractivity contribution in [1.29, 1.82) is 0 Å². The SMILES string of the molecule is COc1ccc(C2CC2C(=O)N2CC(C(C)(C)O)C2)cc1C(=O)Nc1c(C(=O)Nc2ccc(F)c(C(F)(F)F)c2)sc2cc(C(F)(F)F)ccc12. The first kappa shape index (κ1) is 36.1. The number of hydrogen-bond acceptors (Lipinski definition) is 6. The minimum absolute atomic E-state index is 0.00915. The highest BCUT2D eigenvalue weighted by Gasteiger charge is 2.50. The first-order valence-corrected chi connectivity index (χ1v) is 16.4. The number of likely N-dealkylation sites (tertiary alicyclic amines) is 1. The molecule has 2 fully saturated rings. The number of carbonyl (C=O) groups is 3. The summed E-state index contributed by atoms with van der Waals surface area (Å²) in [6.07, 6.45) is -9.29. The summed E-state index contributed by atoms with van der Waals surface area (Å²) >= 11 is 0.563. The second-order valence-corrected chi connectivity index (χ2v) is 14.2. The second-order valence-electron chi connectivity index (χ2n) is 13.1. The van der Waals surface area contributed by atoms with Crippen LogP contribution in [0, 0.1) is 17.7 Å². The molecule has 1 aliphatic carbocycles. The van der Waals surface area contributed by atoms with Gasteiger partial charge in [-0.25, -0.2) is 4.39 Å². The van der Waals surface area contributed by atoms with Gasteiger partial charge >= 0.3 is 12.4 Å². The number of nitrogens with zero attached hydrogens (tertiary/aromatic N) is 1. The largest absolute Gasteiger partial charge is 0.496 e. The fourth-order valence-corrected chi connectivity index (χ4v) is 7.15. The van der Waals surface area contributed by atoms with Crippen molar-refractivity contribution in [1.82, 2.24) is 4.90 Å². The van der Waals surface area contributed by atoms with Gasteiger partial charge in [0.2, 0.25) is 5.91 Å². The van der Waals surface area contributed by atoms with Crippen molar-refractivity contribution in [3.05, 3.63) is 87.5 Å². The third-order valence-corrected chi connectivity index (χ3v) is 10.3. The summed E-state index contributed by atoms with van der Waals surface area (Å²) in [5.74, 6) is -4.00. The standard InChI is InChI=1S/C35H30F7N3O5S/c1-33(2,49)18-14-45(15-18)32(48)22-13-21(22)16-4-9-26(50-3)23(10-16)30(46)44-28-20-7-5-17(34(37,38)39)11-27(20)51-29(28)31(47)43-19-6-8-25(36)24(12-19)35(40,41)42/h4-12,18,21-22,49H,13-15H2,1-3H3,(H,43,47)(H,44,46). The molecular weight excluding hydrogens is 707 g/mol. The predicted octanol–water partition coefficient (Wildman–Crippen LogP) is 7.92. The van der Waals surface area contributed by atoms with E-state index in [0.29, 0.717) is 48.5 Å².